The van der Waals surface area contributed by atoms with Crippen LogP contribution in [0.3, 0.4) is 0 Å². The van der Waals surface area contributed by atoms with Gasteiger partial charge in [0.05, 0.1) is 17.4 Å². The predicted octanol–water partition coefficient (Wildman–Crippen LogP) is 3.39. The van der Waals surface area contributed by atoms with Crippen molar-refractivity contribution >= 4 is 34.7 Å². The number of aryl methyl sites for hydroxylation is 1. The molecule has 0 spiro atoms. The van der Waals surface area contributed by atoms with Gasteiger partial charge in [0.25, 0.3) is 11.8 Å². The van der Waals surface area contributed by atoms with Crippen LogP contribution >= 0.6 is 0 Å². The van der Waals surface area contributed by atoms with Gasteiger partial charge in [-0.15, -0.1) is 0 Å². The molecule has 0 aliphatic rings. The molecule has 8 heteroatoms. The number of fused-ring (bicyclic) bond motifs is 1. The van der Waals surface area contributed by atoms with Crippen molar-refractivity contribution in [3.05, 3.63) is 83.9 Å². The number of nitrogens with one attached hydrogen (secondary N) is 3. The van der Waals surface area contributed by atoms with Crippen molar-refractivity contribution < 1.29 is 9.59 Å². The van der Waals surface area contributed by atoms with Crippen molar-refractivity contribution in [2.45, 2.75) is 6.92 Å². The topological polar surface area (TPSA) is 100 Å². The van der Waals surface area contributed by atoms with E-state index in [0.29, 0.717) is 28.4 Å². The Hall–Kier alpha value is -4.20. The number of pyridine rings is 2. The molecule has 3 N–H and O–H groups in total. The molecular weight excluding hydrogens is 380 g/mol. The van der Waals surface area contributed by atoms with Gasteiger partial charge < -0.3 is 16.0 Å². The zero-order chi connectivity index (χ0) is 21.1. The third kappa shape index (κ3) is 3.70. The minimum Gasteiger partial charge on any atom is -0.355 e. The molecule has 0 fully saturated rings. The molecule has 8 nitrogen and oxygen atoms in total. The Bertz CT molecular complexity index is 1250. The molecule has 0 unspecified atom stereocenters. The van der Waals surface area contributed by atoms with Gasteiger partial charge in [0.15, 0.2) is 5.82 Å². The van der Waals surface area contributed by atoms with Crippen LogP contribution in [0.5, 0.6) is 0 Å². The Morgan fingerprint density at radius 3 is 2.53 bits per heavy atom. The van der Waals surface area contributed by atoms with E-state index in [1.165, 1.54) is 12.4 Å². The molecule has 0 radical (unpaired) electrons. The maximum atomic E-state index is 13.0. The molecule has 0 atom stereocenters. The summed E-state index contributed by atoms with van der Waals surface area (Å²) in [6.07, 6.45) is 4.74. The molecule has 0 aliphatic carbocycles. The maximum Gasteiger partial charge on any atom is 0.274 e. The summed E-state index contributed by atoms with van der Waals surface area (Å²) in [5.41, 5.74) is 3.63. The van der Waals surface area contributed by atoms with Crippen LogP contribution in [0.4, 0.5) is 17.2 Å². The van der Waals surface area contributed by atoms with Crippen molar-refractivity contribution in [3.63, 3.8) is 0 Å². The number of nitrogens with zero attached hydrogens (tertiary/aromatic N) is 3. The molecule has 4 aromatic rings. The minimum absolute atomic E-state index is 0.296. The van der Waals surface area contributed by atoms with Gasteiger partial charge in [-0.25, -0.2) is 9.97 Å². The highest BCUT2D eigenvalue weighted by atomic mass is 16.2. The van der Waals surface area contributed by atoms with Crippen LogP contribution in [0.1, 0.15) is 26.4 Å². The lowest BCUT2D eigenvalue weighted by atomic mass is 10.2. The lowest BCUT2D eigenvalue weighted by molar-refractivity contribution is 0.0961. The van der Waals surface area contributed by atoms with Crippen LogP contribution in [0.25, 0.3) is 5.65 Å². The number of amides is 2. The van der Waals surface area contributed by atoms with Crippen LogP contribution in [-0.4, -0.2) is 33.2 Å². The third-order valence-electron chi connectivity index (χ3n) is 4.67. The quantitative estimate of drug-likeness (QED) is 0.477. The van der Waals surface area contributed by atoms with E-state index in [2.05, 4.69) is 25.9 Å². The van der Waals surface area contributed by atoms with Crippen LogP contribution in [0.15, 0.2) is 67.1 Å². The summed E-state index contributed by atoms with van der Waals surface area (Å²) < 4.78 is 1.69. The number of para-hydroxylation sites is 1. The smallest absolute Gasteiger partial charge is 0.274 e. The monoisotopic (exact) mass is 400 g/mol. The number of rotatable bonds is 5. The second-order valence-electron chi connectivity index (χ2n) is 6.67. The first-order valence-electron chi connectivity index (χ1n) is 9.35. The van der Waals surface area contributed by atoms with Crippen molar-refractivity contribution in [1.29, 1.82) is 0 Å². The fraction of sp³-hybridized carbons (Fsp3) is 0.0909. The van der Waals surface area contributed by atoms with E-state index in [4.69, 9.17) is 0 Å². The molecule has 0 bridgehead atoms. The van der Waals surface area contributed by atoms with Crippen LogP contribution in [0.2, 0.25) is 0 Å². The van der Waals surface area contributed by atoms with Gasteiger partial charge in [0.1, 0.15) is 11.3 Å². The molecule has 0 saturated heterocycles. The molecular formula is C22H20N6O2. The Labute approximate surface area is 173 Å². The second-order valence-corrected chi connectivity index (χ2v) is 6.67. The molecule has 0 aliphatic heterocycles. The SMILES string of the molecule is CNC(=O)c1cnc(Nc2ccccc2C)c(NC(=O)c2cnc3ccccn23)c1. The molecule has 0 saturated carbocycles. The molecule has 3 aromatic heterocycles. The largest absolute Gasteiger partial charge is 0.355 e. The summed E-state index contributed by atoms with van der Waals surface area (Å²) in [7, 11) is 1.54. The fourth-order valence-electron chi connectivity index (χ4n) is 3.06. The van der Waals surface area contributed by atoms with E-state index in [1.54, 1.807) is 23.7 Å². The summed E-state index contributed by atoms with van der Waals surface area (Å²) in [5.74, 6) is -0.230. The van der Waals surface area contributed by atoms with Crippen LogP contribution < -0.4 is 16.0 Å². The van der Waals surface area contributed by atoms with Gasteiger partial charge >= 0.3 is 0 Å². The van der Waals surface area contributed by atoms with Gasteiger partial charge in [-0.05, 0) is 36.8 Å². The van der Waals surface area contributed by atoms with Gasteiger partial charge in [-0.2, -0.15) is 0 Å². The number of aromatic nitrogens is 3. The highest BCUT2D eigenvalue weighted by Crippen LogP contribution is 2.26. The highest BCUT2D eigenvalue weighted by molar-refractivity contribution is 6.06. The van der Waals surface area contributed by atoms with Crippen LogP contribution in [-0.2, 0) is 0 Å². The van der Waals surface area contributed by atoms with E-state index >= 15 is 0 Å². The summed E-state index contributed by atoms with van der Waals surface area (Å²) >= 11 is 0. The van der Waals surface area contributed by atoms with E-state index in [1.807, 2.05) is 49.4 Å². The Morgan fingerprint density at radius 2 is 1.73 bits per heavy atom. The molecule has 3 heterocycles. The summed E-state index contributed by atoms with van der Waals surface area (Å²) in [5, 5.41) is 8.66. The lowest BCUT2D eigenvalue weighted by Gasteiger charge is -2.15. The number of benzene rings is 1. The summed E-state index contributed by atoms with van der Waals surface area (Å²) in [6.45, 7) is 1.97. The van der Waals surface area contributed by atoms with E-state index in [9.17, 15) is 9.59 Å². The third-order valence-corrected chi connectivity index (χ3v) is 4.67. The molecule has 30 heavy (non-hydrogen) atoms. The number of carbonyl (C=O) groups is 2. The number of anilines is 3. The van der Waals surface area contributed by atoms with Gasteiger partial charge in [-0.3, -0.25) is 14.0 Å². The Balaban J connectivity index is 1.71. The number of hydrogen-bond acceptors (Lipinski definition) is 5. The first-order valence-corrected chi connectivity index (χ1v) is 9.35. The zero-order valence-corrected chi connectivity index (χ0v) is 16.5. The summed E-state index contributed by atoms with van der Waals surface area (Å²) in [4.78, 5) is 33.7. The standard InChI is InChI=1S/C22H20N6O2/c1-14-7-3-4-8-16(14)26-20-17(11-15(12-25-20)21(29)23-2)27-22(30)18-13-24-19-9-5-6-10-28(18)19/h3-13H,1-2H3,(H,23,29)(H,25,26)(H,27,30). The number of hydrogen-bond donors (Lipinski definition) is 3. The lowest BCUT2D eigenvalue weighted by Crippen LogP contribution is -2.20. The maximum absolute atomic E-state index is 13.0. The minimum atomic E-state index is -0.364. The highest BCUT2D eigenvalue weighted by Gasteiger charge is 2.17. The van der Waals surface area contributed by atoms with Gasteiger partial charge in [0.2, 0.25) is 0 Å². The van der Waals surface area contributed by atoms with E-state index in [0.717, 1.165) is 11.3 Å². The fourth-order valence-corrected chi connectivity index (χ4v) is 3.06. The van der Waals surface area contributed by atoms with Crippen molar-refractivity contribution in [2.24, 2.45) is 0 Å². The van der Waals surface area contributed by atoms with Crippen molar-refractivity contribution in [2.75, 3.05) is 17.7 Å². The molecule has 2 amide bonds. The second kappa shape index (κ2) is 8.04. The zero-order valence-electron chi connectivity index (χ0n) is 16.5. The number of carbonyl (C=O) groups excluding carboxylic acids is 2. The van der Waals surface area contributed by atoms with E-state index in [-0.39, 0.29) is 11.8 Å². The normalized spacial score (nSPS) is 10.6. The molecule has 1 aromatic carbocycles. The number of imidazole rings is 1. The first-order chi connectivity index (χ1) is 14.6. The van der Waals surface area contributed by atoms with Gasteiger partial charge in [-0.1, -0.05) is 24.3 Å². The average Bonchev–Trinajstić information content (AvgIpc) is 3.20. The Kier molecular flexibility index (Phi) is 5.13. The average molecular weight is 400 g/mol. The van der Waals surface area contributed by atoms with Gasteiger partial charge in [0, 0.05) is 25.1 Å². The first kappa shape index (κ1) is 19.1. The Morgan fingerprint density at radius 1 is 0.933 bits per heavy atom. The summed E-state index contributed by atoms with van der Waals surface area (Å²) in [6, 6.07) is 14.8. The van der Waals surface area contributed by atoms with Crippen LogP contribution in [0, 0.1) is 6.92 Å². The molecule has 4 rings (SSSR count). The predicted molar refractivity (Wildman–Crippen MR) is 115 cm³/mol. The van der Waals surface area contributed by atoms with E-state index < -0.39 is 0 Å². The van der Waals surface area contributed by atoms with Crippen molar-refractivity contribution in [1.82, 2.24) is 19.7 Å². The molecule has 150 valence electrons. The van der Waals surface area contributed by atoms with Crippen molar-refractivity contribution in [3.8, 4) is 0 Å².